The Morgan fingerprint density at radius 2 is 1.10 bits per heavy atom. The number of rotatable bonds is 9. The summed E-state index contributed by atoms with van der Waals surface area (Å²) in [6.45, 7) is 18.5. The van der Waals surface area contributed by atoms with Crippen molar-refractivity contribution in [2.45, 2.75) is 73.6 Å². The third-order valence-corrected chi connectivity index (χ3v) is 6.27. The zero-order valence-corrected chi connectivity index (χ0v) is 15.0. The summed E-state index contributed by atoms with van der Waals surface area (Å²) in [5, 5.41) is 0. The molecule has 20 heavy (non-hydrogen) atoms. The van der Waals surface area contributed by atoms with Crippen LogP contribution in [0.2, 0.25) is 0 Å². The average Bonchev–Trinajstić information content (AvgIpc) is 2.63. The third kappa shape index (κ3) is 4.76. The van der Waals surface area contributed by atoms with Crippen molar-refractivity contribution < 1.29 is 0 Å². The Labute approximate surface area is 128 Å². The summed E-state index contributed by atoms with van der Waals surface area (Å²) in [7, 11) is 0. The van der Waals surface area contributed by atoms with Gasteiger partial charge in [-0.25, -0.2) is 0 Å². The lowest BCUT2D eigenvalue weighted by Gasteiger charge is -2.27. The summed E-state index contributed by atoms with van der Waals surface area (Å²) in [5.41, 5.74) is 0. The Balaban J connectivity index is 2.45. The largest absolute Gasteiger partial charge is 0.303 e. The van der Waals surface area contributed by atoms with E-state index in [0.29, 0.717) is 0 Å². The smallest absolute Gasteiger partial charge is 0.00159 e. The van der Waals surface area contributed by atoms with E-state index < -0.39 is 0 Å². The van der Waals surface area contributed by atoms with Crippen molar-refractivity contribution in [3.8, 4) is 0 Å². The van der Waals surface area contributed by atoms with Gasteiger partial charge in [-0.1, -0.05) is 54.4 Å². The van der Waals surface area contributed by atoms with E-state index in [0.717, 1.165) is 29.6 Å². The molecule has 1 heteroatoms. The molecule has 0 bridgehead atoms. The quantitative estimate of drug-likeness (QED) is 0.543. The van der Waals surface area contributed by atoms with Crippen LogP contribution in [0.4, 0.5) is 0 Å². The number of hydrogen-bond acceptors (Lipinski definition) is 1. The Morgan fingerprint density at radius 3 is 1.50 bits per heavy atom. The van der Waals surface area contributed by atoms with Gasteiger partial charge in [0.05, 0.1) is 0 Å². The molecule has 0 N–H and O–H groups in total. The summed E-state index contributed by atoms with van der Waals surface area (Å²) in [4.78, 5) is 2.74. The Morgan fingerprint density at radius 1 is 0.650 bits per heavy atom. The second-order valence-electron chi connectivity index (χ2n) is 7.44. The van der Waals surface area contributed by atoms with Gasteiger partial charge >= 0.3 is 0 Å². The first kappa shape index (κ1) is 18.0. The summed E-state index contributed by atoms with van der Waals surface area (Å²) < 4.78 is 0. The molecular formula is C19H39N. The predicted octanol–water partition coefficient (Wildman–Crippen LogP) is 5.45. The Bertz CT molecular complexity index is 228. The van der Waals surface area contributed by atoms with Crippen LogP contribution in [0.15, 0.2) is 0 Å². The summed E-state index contributed by atoms with van der Waals surface area (Å²) >= 11 is 0. The van der Waals surface area contributed by atoms with Gasteiger partial charge in [-0.3, -0.25) is 0 Å². The van der Waals surface area contributed by atoms with Crippen LogP contribution >= 0.6 is 0 Å². The van der Waals surface area contributed by atoms with Gasteiger partial charge in [0.25, 0.3) is 0 Å². The maximum Gasteiger partial charge on any atom is -0.00159 e. The Hall–Kier alpha value is -0.0400. The van der Waals surface area contributed by atoms with Crippen LogP contribution in [0.1, 0.15) is 73.6 Å². The SMILES string of the molecule is CCCCN(CCCC)CCC1C(C)C(C)C(C)C1C. The van der Waals surface area contributed by atoms with Gasteiger partial charge in [-0.05, 0) is 68.5 Å². The zero-order chi connectivity index (χ0) is 15.1. The lowest BCUT2D eigenvalue weighted by Crippen LogP contribution is -2.30. The highest BCUT2D eigenvalue weighted by molar-refractivity contribution is 4.89. The second kappa shape index (κ2) is 9.07. The minimum Gasteiger partial charge on any atom is -0.303 e. The van der Waals surface area contributed by atoms with Crippen LogP contribution in [-0.4, -0.2) is 24.5 Å². The number of hydrogen-bond donors (Lipinski definition) is 0. The molecule has 4 unspecified atom stereocenters. The average molecular weight is 282 g/mol. The second-order valence-corrected chi connectivity index (χ2v) is 7.44. The normalized spacial score (nSPS) is 34.0. The van der Waals surface area contributed by atoms with E-state index in [-0.39, 0.29) is 0 Å². The molecule has 1 fully saturated rings. The molecule has 0 aromatic heterocycles. The van der Waals surface area contributed by atoms with Crippen molar-refractivity contribution in [2.24, 2.45) is 29.6 Å². The molecular weight excluding hydrogens is 242 g/mol. The highest BCUT2D eigenvalue weighted by Gasteiger charge is 2.40. The molecule has 1 rings (SSSR count). The predicted molar refractivity (Wildman–Crippen MR) is 91.0 cm³/mol. The van der Waals surface area contributed by atoms with E-state index >= 15 is 0 Å². The van der Waals surface area contributed by atoms with E-state index in [1.807, 2.05) is 0 Å². The molecule has 1 aliphatic rings. The molecule has 0 aromatic carbocycles. The van der Waals surface area contributed by atoms with Crippen LogP contribution in [0, 0.1) is 29.6 Å². The fourth-order valence-corrected chi connectivity index (χ4v) is 4.17. The zero-order valence-electron chi connectivity index (χ0n) is 15.0. The highest BCUT2D eigenvalue weighted by Crippen LogP contribution is 2.46. The van der Waals surface area contributed by atoms with Crippen molar-refractivity contribution in [3.05, 3.63) is 0 Å². The van der Waals surface area contributed by atoms with Crippen molar-refractivity contribution in [2.75, 3.05) is 19.6 Å². The standard InChI is InChI=1S/C19H39N/c1-7-9-12-20(13-10-8-2)14-11-19-17(5)15(3)16(4)18(19)6/h15-19H,7-14H2,1-6H3. The number of unbranched alkanes of at least 4 members (excludes halogenated alkanes) is 2. The topological polar surface area (TPSA) is 3.24 Å². The molecule has 0 amide bonds. The monoisotopic (exact) mass is 281 g/mol. The minimum atomic E-state index is 0.912. The molecule has 120 valence electrons. The van der Waals surface area contributed by atoms with Crippen molar-refractivity contribution >= 4 is 0 Å². The van der Waals surface area contributed by atoms with Crippen LogP contribution in [0.5, 0.6) is 0 Å². The van der Waals surface area contributed by atoms with Gasteiger partial charge in [0.1, 0.15) is 0 Å². The van der Waals surface area contributed by atoms with E-state index in [1.54, 1.807) is 0 Å². The maximum atomic E-state index is 2.74. The molecule has 1 aliphatic carbocycles. The molecule has 0 heterocycles. The van der Waals surface area contributed by atoms with Gasteiger partial charge in [-0.2, -0.15) is 0 Å². The summed E-state index contributed by atoms with van der Waals surface area (Å²) in [5.74, 6) is 4.61. The fourth-order valence-electron chi connectivity index (χ4n) is 4.17. The van der Waals surface area contributed by atoms with Crippen molar-refractivity contribution in [1.29, 1.82) is 0 Å². The summed E-state index contributed by atoms with van der Waals surface area (Å²) in [6, 6.07) is 0. The molecule has 0 aromatic rings. The molecule has 1 nitrogen and oxygen atoms in total. The molecule has 0 aliphatic heterocycles. The van der Waals surface area contributed by atoms with Gasteiger partial charge in [0, 0.05) is 0 Å². The van der Waals surface area contributed by atoms with E-state index in [4.69, 9.17) is 0 Å². The lowest BCUT2D eigenvalue weighted by molar-refractivity contribution is 0.210. The molecule has 0 saturated heterocycles. The molecule has 0 radical (unpaired) electrons. The van der Waals surface area contributed by atoms with Crippen molar-refractivity contribution in [1.82, 2.24) is 4.90 Å². The van der Waals surface area contributed by atoms with Crippen LogP contribution in [0.3, 0.4) is 0 Å². The first-order valence-electron chi connectivity index (χ1n) is 9.25. The Kier molecular flexibility index (Phi) is 8.17. The lowest BCUT2D eigenvalue weighted by atomic mass is 9.86. The van der Waals surface area contributed by atoms with Crippen LogP contribution < -0.4 is 0 Å². The first-order valence-corrected chi connectivity index (χ1v) is 9.25. The van der Waals surface area contributed by atoms with E-state index in [2.05, 4.69) is 46.4 Å². The van der Waals surface area contributed by atoms with E-state index in [9.17, 15) is 0 Å². The molecule has 0 spiro atoms. The number of nitrogens with zero attached hydrogens (tertiary/aromatic N) is 1. The van der Waals surface area contributed by atoms with Gasteiger partial charge in [0.2, 0.25) is 0 Å². The van der Waals surface area contributed by atoms with Crippen LogP contribution in [-0.2, 0) is 0 Å². The minimum absolute atomic E-state index is 0.912. The van der Waals surface area contributed by atoms with E-state index in [1.165, 1.54) is 51.7 Å². The van der Waals surface area contributed by atoms with Gasteiger partial charge in [0.15, 0.2) is 0 Å². The van der Waals surface area contributed by atoms with Crippen molar-refractivity contribution in [3.63, 3.8) is 0 Å². The molecule has 4 atom stereocenters. The van der Waals surface area contributed by atoms with Crippen LogP contribution in [0.25, 0.3) is 0 Å². The fraction of sp³-hybridized carbons (Fsp3) is 1.00. The third-order valence-electron chi connectivity index (χ3n) is 6.27. The summed E-state index contributed by atoms with van der Waals surface area (Å²) in [6.07, 6.45) is 6.81. The highest BCUT2D eigenvalue weighted by atomic mass is 15.1. The first-order chi connectivity index (χ1) is 9.52. The van der Waals surface area contributed by atoms with Gasteiger partial charge in [-0.15, -0.1) is 0 Å². The maximum absolute atomic E-state index is 2.74. The molecule has 1 saturated carbocycles. The van der Waals surface area contributed by atoms with Gasteiger partial charge < -0.3 is 4.90 Å².